The molecule has 0 bridgehead atoms. The highest BCUT2D eigenvalue weighted by Gasteiger charge is 2.75. The molecule has 0 saturated carbocycles. The first-order valence-electron chi connectivity index (χ1n) is 14.8. The van der Waals surface area contributed by atoms with Crippen LogP contribution in [0.2, 0.25) is 0 Å². The van der Waals surface area contributed by atoms with Gasteiger partial charge >= 0.3 is 0 Å². The van der Waals surface area contributed by atoms with E-state index in [1.165, 1.54) is 0 Å². The van der Waals surface area contributed by atoms with Crippen molar-refractivity contribution < 1.29 is 24.2 Å². The third-order valence-electron chi connectivity index (χ3n) is 9.14. The van der Waals surface area contributed by atoms with Gasteiger partial charge in [-0.25, -0.2) is 0 Å². The number of likely N-dealkylation sites (tertiary alicyclic amines) is 1. The van der Waals surface area contributed by atoms with Crippen molar-refractivity contribution in [3.8, 4) is 0 Å². The monoisotopic (exact) mass is 543 g/mol. The molecule has 1 N–H and O–H groups in total. The number of unbranched alkanes of at least 4 members (excludes halogenated alkanes) is 3. The number of amides is 3. The number of aliphatic hydroxyl groups is 1. The number of likely N-dealkylation sites (N-methyl/N-ethyl adjacent to an activating group) is 1. The fourth-order valence-corrected chi connectivity index (χ4v) is 7.81. The Labute approximate surface area is 234 Å². The average Bonchev–Trinajstić information content (AvgIpc) is 3.13. The molecule has 4 heterocycles. The summed E-state index contributed by atoms with van der Waals surface area (Å²) in [4.78, 5) is 48.2. The molecule has 0 radical (unpaired) electrons. The first-order valence-corrected chi connectivity index (χ1v) is 14.8. The summed E-state index contributed by atoms with van der Waals surface area (Å²) in [5.74, 6) is -1.81. The van der Waals surface area contributed by atoms with Gasteiger partial charge in [-0.3, -0.25) is 14.4 Å². The van der Waals surface area contributed by atoms with E-state index in [1.807, 2.05) is 36.1 Å². The molecule has 2 fully saturated rings. The highest BCUT2D eigenvalue weighted by Crippen LogP contribution is 2.58. The first-order chi connectivity index (χ1) is 18.2. The summed E-state index contributed by atoms with van der Waals surface area (Å²) in [5, 5.41) is 9.18. The number of hydrogen-bond donors (Lipinski definition) is 1. The Kier molecular flexibility index (Phi) is 8.14. The van der Waals surface area contributed by atoms with Gasteiger partial charge in [0.15, 0.2) is 0 Å². The van der Waals surface area contributed by atoms with E-state index >= 15 is 0 Å². The van der Waals surface area contributed by atoms with E-state index < -0.39 is 34.6 Å². The minimum Gasteiger partial charge on any atom is -0.396 e. The molecule has 2 saturated heterocycles. The van der Waals surface area contributed by atoms with Gasteiger partial charge in [0.2, 0.25) is 17.7 Å². The van der Waals surface area contributed by atoms with Gasteiger partial charge in [0.25, 0.3) is 0 Å². The van der Waals surface area contributed by atoms with Crippen LogP contribution in [0.4, 0.5) is 0 Å². The van der Waals surface area contributed by atoms with Crippen molar-refractivity contribution in [2.24, 2.45) is 17.3 Å². The third-order valence-corrected chi connectivity index (χ3v) is 9.14. The van der Waals surface area contributed by atoms with Gasteiger partial charge in [-0.15, -0.1) is 0 Å². The molecule has 0 aromatic rings. The second kappa shape index (κ2) is 10.7. The Hall–Kier alpha value is -2.19. The number of aliphatic hydroxyl groups excluding tert-OH is 1. The molecular formula is C31H49N3O5. The molecule has 8 heteroatoms. The number of carbonyl (C=O) groups is 3. The van der Waals surface area contributed by atoms with Crippen LogP contribution in [0.1, 0.15) is 80.1 Å². The zero-order chi connectivity index (χ0) is 28.8. The molecule has 0 aromatic carbocycles. The molecule has 8 nitrogen and oxygen atoms in total. The largest absolute Gasteiger partial charge is 0.396 e. The zero-order valence-corrected chi connectivity index (χ0v) is 25.0. The van der Waals surface area contributed by atoms with Gasteiger partial charge in [0, 0.05) is 38.8 Å². The number of fused-ring (bicyclic) bond motifs is 2. The van der Waals surface area contributed by atoms with Crippen molar-refractivity contribution >= 4 is 17.7 Å². The van der Waals surface area contributed by atoms with Crippen LogP contribution in [0.25, 0.3) is 0 Å². The number of rotatable bonds is 9. The quantitative estimate of drug-likeness (QED) is 0.355. The number of nitrogens with zero attached hydrogens (tertiary/aromatic N) is 3. The van der Waals surface area contributed by atoms with Crippen molar-refractivity contribution in [2.45, 2.75) is 103 Å². The number of carbonyl (C=O) groups excluding carboxylic acids is 3. The van der Waals surface area contributed by atoms with Gasteiger partial charge in [0.1, 0.15) is 11.6 Å². The summed E-state index contributed by atoms with van der Waals surface area (Å²) in [6.45, 7) is 14.2. The normalized spacial score (nSPS) is 32.9. The molecule has 1 spiro atoms. The molecule has 4 rings (SSSR count). The first kappa shape index (κ1) is 29.8. The molecule has 3 amide bonds. The second-order valence-corrected chi connectivity index (χ2v) is 13.8. The van der Waals surface area contributed by atoms with E-state index in [0.717, 1.165) is 32.1 Å². The van der Waals surface area contributed by atoms with E-state index in [-0.39, 0.29) is 29.7 Å². The highest BCUT2D eigenvalue weighted by molar-refractivity contribution is 6.00. The summed E-state index contributed by atoms with van der Waals surface area (Å²) in [5.41, 5.74) is -2.58. The van der Waals surface area contributed by atoms with Gasteiger partial charge in [-0.1, -0.05) is 64.8 Å². The van der Waals surface area contributed by atoms with Gasteiger partial charge in [-0.05, 0) is 44.9 Å². The van der Waals surface area contributed by atoms with Crippen molar-refractivity contribution in [2.75, 3.05) is 33.3 Å². The summed E-state index contributed by atoms with van der Waals surface area (Å²) in [6.07, 6.45) is 12.4. The summed E-state index contributed by atoms with van der Waals surface area (Å²) >= 11 is 0. The SMILES string of the molecule is CC[C@]12C=CCN(C)C(=O)[C@H]1[C@H]1C(=O)N(CCCCCCO)C3C(=O)N(C(C)(C)CC(C)(C)C)CC=C[C@@]31O2. The molecular weight excluding hydrogens is 494 g/mol. The van der Waals surface area contributed by atoms with Crippen molar-refractivity contribution in [3.63, 3.8) is 0 Å². The maximum absolute atomic E-state index is 14.7. The fraction of sp³-hybridized carbons (Fsp3) is 0.774. The zero-order valence-electron chi connectivity index (χ0n) is 25.0. The lowest BCUT2D eigenvalue weighted by Gasteiger charge is -2.45. The summed E-state index contributed by atoms with van der Waals surface area (Å²) < 4.78 is 7.01. The van der Waals surface area contributed by atoms with Gasteiger partial charge in [-0.2, -0.15) is 0 Å². The van der Waals surface area contributed by atoms with Crippen molar-refractivity contribution in [1.82, 2.24) is 14.7 Å². The van der Waals surface area contributed by atoms with Crippen LogP contribution < -0.4 is 0 Å². The Balaban J connectivity index is 1.80. The van der Waals surface area contributed by atoms with Crippen molar-refractivity contribution in [3.05, 3.63) is 24.3 Å². The number of ether oxygens (including phenoxy) is 1. The highest BCUT2D eigenvalue weighted by atomic mass is 16.5. The summed E-state index contributed by atoms with van der Waals surface area (Å²) in [7, 11) is 1.77. The summed E-state index contributed by atoms with van der Waals surface area (Å²) in [6, 6.07) is -0.826. The van der Waals surface area contributed by atoms with E-state index in [4.69, 9.17) is 4.74 Å². The Morgan fingerprint density at radius 1 is 0.923 bits per heavy atom. The van der Waals surface area contributed by atoms with Crippen LogP contribution in [0.5, 0.6) is 0 Å². The molecule has 4 aliphatic rings. The second-order valence-electron chi connectivity index (χ2n) is 13.8. The molecule has 1 unspecified atom stereocenters. The smallest absolute Gasteiger partial charge is 0.249 e. The van der Waals surface area contributed by atoms with E-state index in [0.29, 0.717) is 26.1 Å². The lowest BCUT2D eigenvalue weighted by Crippen LogP contribution is -2.60. The average molecular weight is 544 g/mol. The Bertz CT molecular complexity index is 1030. The molecule has 0 aromatic heterocycles. The Morgan fingerprint density at radius 2 is 1.59 bits per heavy atom. The predicted molar refractivity (Wildman–Crippen MR) is 151 cm³/mol. The third kappa shape index (κ3) is 5.08. The fourth-order valence-electron chi connectivity index (χ4n) is 7.81. The minimum absolute atomic E-state index is 0.00300. The lowest BCUT2D eigenvalue weighted by molar-refractivity contribution is -0.157. The predicted octanol–water partition coefficient (Wildman–Crippen LogP) is 3.54. The standard InChI is InChI=1S/C31H49N3O5/c1-8-30-15-13-17-32(7)25(36)22(30)23-26(37)33(18-11-9-10-12-20-35)24-27(38)34(19-14-16-31(23,24)39-30)29(5,6)21-28(2,3)4/h13-16,22-24,35H,8-12,17-21H2,1-7H3/t22-,23+,24?,30+,31+/m1/s1. The molecule has 39 heavy (non-hydrogen) atoms. The van der Waals surface area contributed by atoms with Gasteiger partial charge < -0.3 is 24.5 Å². The topological polar surface area (TPSA) is 90.4 Å². The minimum atomic E-state index is -1.20. The molecule has 5 atom stereocenters. The lowest BCUT2D eigenvalue weighted by atomic mass is 9.73. The molecule has 0 aliphatic carbocycles. The van der Waals surface area contributed by atoms with Crippen LogP contribution >= 0.6 is 0 Å². The molecule has 4 aliphatic heterocycles. The maximum Gasteiger partial charge on any atom is 0.249 e. The van der Waals surface area contributed by atoms with Crippen LogP contribution in [-0.4, -0.2) is 93.6 Å². The van der Waals surface area contributed by atoms with Gasteiger partial charge in [0.05, 0.1) is 17.4 Å². The van der Waals surface area contributed by atoms with E-state index in [2.05, 4.69) is 34.6 Å². The molecule has 218 valence electrons. The van der Waals surface area contributed by atoms with Crippen LogP contribution in [0, 0.1) is 17.3 Å². The van der Waals surface area contributed by atoms with Crippen LogP contribution in [-0.2, 0) is 19.1 Å². The number of hydrogen-bond acceptors (Lipinski definition) is 5. The van der Waals surface area contributed by atoms with E-state index in [1.54, 1.807) is 16.8 Å². The maximum atomic E-state index is 14.7. The van der Waals surface area contributed by atoms with Crippen LogP contribution in [0.15, 0.2) is 24.3 Å². The van der Waals surface area contributed by atoms with Crippen molar-refractivity contribution in [1.29, 1.82) is 0 Å². The van der Waals surface area contributed by atoms with Crippen LogP contribution in [0.3, 0.4) is 0 Å². The Morgan fingerprint density at radius 3 is 2.23 bits per heavy atom. The van der Waals surface area contributed by atoms with E-state index in [9.17, 15) is 19.5 Å².